The van der Waals surface area contributed by atoms with Gasteiger partial charge in [0.05, 0.1) is 18.1 Å². The maximum absolute atomic E-state index is 12.8. The Morgan fingerprint density at radius 3 is 2.30 bits per heavy atom. The SMILES string of the molecule is CC(C(=O)N1CC2C3CCC(O3)C2C1)C(N)c1ccccc1.Cl. The molecule has 23 heavy (non-hydrogen) atoms. The lowest BCUT2D eigenvalue weighted by Gasteiger charge is -2.26. The van der Waals surface area contributed by atoms with Crippen LogP contribution >= 0.6 is 12.4 Å². The van der Waals surface area contributed by atoms with Gasteiger partial charge in [0, 0.05) is 31.0 Å². The average molecular weight is 337 g/mol. The molecule has 3 fully saturated rings. The van der Waals surface area contributed by atoms with Crippen LogP contribution in [0, 0.1) is 17.8 Å². The molecule has 1 aromatic carbocycles. The first kappa shape index (κ1) is 16.7. The molecule has 6 unspecified atom stereocenters. The van der Waals surface area contributed by atoms with Crippen molar-refractivity contribution in [1.82, 2.24) is 4.90 Å². The van der Waals surface area contributed by atoms with Gasteiger partial charge in [0.2, 0.25) is 5.91 Å². The van der Waals surface area contributed by atoms with Crippen LogP contribution in [0.1, 0.15) is 31.4 Å². The number of fused-ring (bicyclic) bond motifs is 5. The summed E-state index contributed by atoms with van der Waals surface area (Å²) in [5.41, 5.74) is 7.35. The topological polar surface area (TPSA) is 55.6 Å². The Labute approximate surface area is 143 Å². The second-order valence-electron chi connectivity index (χ2n) is 7.09. The van der Waals surface area contributed by atoms with Crippen molar-refractivity contribution >= 4 is 18.3 Å². The Morgan fingerprint density at radius 1 is 1.17 bits per heavy atom. The van der Waals surface area contributed by atoms with E-state index < -0.39 is 0 Å². The van der Waals surface area contributed by atoms with E-state index in [9.17, 15) is 4.79 Å². The van der Waals surface area contributed by atoms with E-state index in [1.165, 1.54) is 12.8 Å². The van der Waals surface area contributed by atoms with Crippen LogP contribution in [0.5, 0.6) is 0 Å². The molecule has 5 heteroatoms. The molecule has 0 aliphatic carbocycles. The Balaban J connectivity index is 0.00000156. The third-order valence-electron chi connectivity index (χ3n) is 5.88. The van der Waals surface area contributed by atoms with Gasteiger partial charge in [0.15, 0.2) is 0 Å². The number of hydrogen-bond donors (Lipinski definition) is 1. The number of nitrogens with two attached hydrogens (primary N) is 1. The molecule has 3 saturated heterocycles. The lowest BCUT2D eigenvalue weighted by molar-refractivity contribution is -0.135. The number of benzene rings is 1. The molecule has 3 aliphatic heterocycles. The van der Waals surface area contributed by atoms with E-state index in [2.05, 4.69) is 0 Å². The van der Waals surface area contributed by atoms with Crippen LogP contribution in [0.25, 0.3) is 0 Å². The van der Waals surface area contributed by atoms with Crippen molar-refractivity contribution in [2.45, 2.75) is 38.0 Å². The molecule has 0 aromatic heterocycles. The van der Waals surface area contributed by atoms with Gasteiger partial charge in [-0.15, -0.1) is 12.4 Å². The molecular formula is C18H25ClN2O2. The summed E-state index contributed by atoms with van der Waals surface area (Å²) < 4.78 is 5.98. The maximum Gasteiger partial charge on any atom is 0.227 e. The fourth-order valence-electron chi connectivity index (χ4n) is 4.55. The summed E-state index contributed by atoms with van der Waals surface area (Å²) in [7, 11) is 0. The highest BCUT2D eigenvalue weighted by Gasteiger charge is 2.54. The molecule has 6 atom stereocenters. The van der Waals surface area contributed by atoms with Gasteiger partial charge >= 0.3 is 0 Å². The van der Waals surface area contributed by atoms with Crippen LogP contribution in [-0.2, 0) is 9.53 Å². The summed E-state index contributed by atoms with van der Waals surface area (Å²) in [6.07, 6.45) is 3.14. The average Bonchev–Trinajstić information content (AvgIpc) is 3.25. The third-order valence-corrected chi connectivity index (χ3v) is 5.88. The highest BCUT2D eigenvalue weighted by Crippen LogP contribution is 2.47. The fraction of sp³-hybridized carbons (Fsp3) is 0.611. The first-order valence-electron chi connectivity index (χ1n) is 8.40. The first-order chi connectivity index (χ1) is 10.6. The van der Waals surface area contributed by atoms with Gasteiger partial charge in [-0.2, -0.15) is 0 Å². The minimum atomic E-state index is -0.234. The highest BCUT2D eigenvalue weighted by atomic mass is 35.5. The second-order valence-corrected chi connectivity index (χ2v) is 7.09. The van der Waals surface area contributed by atoms with E-state index >= 15 is 0 Å². The van der Waals surface area contributed by atoms with Crippen molar-refractivity contribution in [1.29, 1.82) is 0 Å². The zero-order chi connectivity index (χ0) is 15.3. The van der Waals surface area contributed by atoms with E-state index in [1.54, 1.807) is 0 Å². The molecule has 0 radical (unpaired) electrons. The predicted molar refractivity (Wildman–Crippen MR) is 91.2 cm³/mol. The van der Waals surface area contributed by atoms with Crippen LogP contribution in [-0.4, -0.2) is 36.1 Å². The maximum atomic E-state index is 12.8. The van der Waals surface area contributed by atoms with Crippen LogP contribution in [0.3, 0.4) is 0 Å². The molecule has 2 bridgehead atoms. The van der Waals surface area contributed by atoms with Gasteiger partial charge < -0.3 is 15.4 Å². The number of carbonyl (C=O) groups excluding carboxylic acids is 1. The summed E-state index contributed by atoms with van der Waals surface area (Å²) in [5.74, 6) is 1.13. The normalized spacial score (nSPS) is 33.9. The van der Waals surface area contributed by atoms with Crippen molar-refractivity contribution in [3.05, 3.63) is 35.9 Å². The van der Waals surface area contributed by atoms with Gasteiger partial charge in [-0.25, -0.2) is 0 Å². The van der Waals surface area contributed by atoms with Gasteiger partial charge in [-0.05, 0) is 18.4 Å². The summed E-state index contributed by atoms with van der Waals surface area (Å²) in [4.78, 5) is 14.9. The Bertz CT molecular complexity index is 549. The zero-order valence-electron chi connectivity index (χ0n) is 13.4. The quantitative estimate of drug-likeness (QED) is 0.922. The Morgan fingerprint density at radius 2 is 1.74 bits per heavy atom. The Hall–Kier alpha value is -1.10. The van der Waals surface area contributed by atoms with Crippen LogP contribution in [0.2, 0.25) is 0 Å². The minimum absolute atomic E-state index is 0. The summed E-state index contributed by atoms with van der Waals surface area (Å²) in [6, 6.07) is 9.69. The zero-order valence-corrected chi connectivity index (χ0v) is 14.2. The first-order valence-corrected chi connectivity index (χ1v) is 8.40. The van der Waals surface area contributed by atoms with Crippen molar-refractivity contribution in [2.24, 2.45) is 23.5 Å². The molecule has 0 spiro atoms. The second kappa shape index (κ2) is 6.42. The number of rotatable bonds is 3. The number of halogens is 1. The summed E-state index contributed by atoms with van der Waals surface area (Å²) in [5, 5.41) is 0. The predicted octanol–water partition coefficient (Wildman–Crippen LogP) is 2.38. The molecule has 1 aromatic rings. The number of likely N-dealkylation sites (tertiary alicyclic amines) is 1. The van der Waals surface area contributed by atoms with Crippen LogP contribution in [0.15, 0.2) is 30.3 Å². The number of nitrogens with zero attached hydrogens (tertiary/aromatic N) is 1. The minimum Gasteiger partial charge on any atom is -0.374 e. The number of carbonyl (C=O) groups is 1. The number of hydrogen-bond acceptors (Lipinski definition) is 3. The number of ether oxygens (including phenoxy) is 1. The molecule has 4 nitrogen and oxygen atoms in total. The lowest BCUT2D eigenvalue weighted by Crippen LogP contribution is -2.39. The van der Waals surface area contributed by atoms with Gasteiger partial charge in [-0.1, -0.05) is 37.3 Å². The molecule has 3 aliphatic rings. The van der Waals surface area contributed by atoms with E-state index in [-0.39, 0.29) is 30.3 Å². The van der Waals surface area contributed by atoms with E-state index in [0.29, 0.717) is 24.0 Å². The molecule has 3 heterocycles. The van der Waals surface area contributed by atoms with Crippen molar-refractivity contribution in [3.8, 4) is 0 Å². The van der Waals surface area contributed by atoms with Crippen molar-refractivity contribution in [2.75, 3.05) is 13.1 Å². The van der Waals surface area contributed by atoms with Gasteiger partial charge in [0.25, 0.3) is 0 Å². The Kier molecular flexibility index (Phi) is 4.68. The summed E-state index contributed by atoms with van der Waals surface area (Å²) in [6.45, 7) is 3.67. The standard InChI is InChI=1S/C18H24N2O2.ClH/c1-11(17(19)12-5-3-2-4-6-12)18(21)20-9-13-14(10-20)16-8-7-15(13)22-16;/h2-6,11,13-17H,7-10,19H2,1H3;1H. The molecular weight excluding hydrogens is 312 g/mol. The van der Waals surface area contributed by atoms with Crippen molar-refractivity contribution < 1.29 is 9.53 Å². The van der Waals surface area contributed by atoms with Gasteiger partial charge in [0.1, 0.15) is 0 Å². The van der Waals surface area contributed by atoms with Crippen molar-refractivity contribution in [3.63, 3.8) is 0 Å². The monoisotopic (exact) mass is 336 g/mol. The highest BCUT2D eigenvalue weighted by molar-refractivity contribution is 5.85. The van der Waals surface area contributed by atoms with E-state index in [1.807, 2.05) is 42.2 Å². The molecule has 4 rings (SSSR count). The molecule has 0 saturated carbocycles. The smallest absolute Gasteiger partial charge is 0.227 e. The van der Waals surface area contributed by atoms with Crippen LogP contribution < -0.4 is 5.73 Å². The summed E-state index contributed by atoms with van der Waals surface area (Å²) >= 11 is 0. The lowest BCUT2D eigenvalue weighted by atomic mass is 9.82. The molecule has 126 valence electrons. The largest absolute Gasteiger partial charge is 0.374 e. The van der Waals surface area contributed by atoms with E-state index in [4.69, 9.17) is 10.5 Å². The third kappa shape index (κ3) is 2.77. The van der Waals surface area contributed by atoms with Gasteiger partial charge in [-0.3, -0.25) is 4.79 Å². The number of amides is 1. The van der Waals surface area contributed by atoms with E-state index in [0.717, 1.165) is 18.7 Å². The van der Waals surface area contributed by atoms with Crippen LogP contribution in [0.4, 0.5) is 0 Å². The molecule has 2 N–H and O–H groups in total. The molecule has 1 amide bonds. The fourth-order valence-corrected chi connectivity index (χ4v) is 4.55.